The lowest BCUT2D eigenvalue weighted by atomic mass is 9.87. The van der Waals surface area contributed by atoms with Crippen molar-refractivity contribution in [1.82, 2.24) is 20.2 Å². The van der Waals surface area contributed by atoms with Crippen molar-refractivity contribution in [3.8, 4) is 0 Å². The number of fused-ring (bicyclic) bond motifs is 1. The number of carbonyl (C=O) groups excluding carboxylic acids is 1. The van der Waals surface area contributed by atoms with Gasteiger partial charge in [-0.1, -0.05) is 30.3 Å². The summed E-state index contributed by atoms with van der Waals surface area (Å²) in [5, 5.41) is 6.53. The first-order valence-corrected chi connectivity index (χ1v) is 12.1. The number of carbonyl (C=O) groups is 1. The molecular weight excluding hydrogens is 416 g/mol. The van der Waals surface area contributed by atoms with Gasteiger partial charge in [-0.25, -0.2) is 0 Å². The highest BCUT2D eigenvalue weighted by Crippen LogP contribution is 2.32. The third kappa shape index (κ3) is 4.33. The number of rotatable bonds is 6. The second-order valence-corrected chi connectivity index (χ2v) is 9.52. The molecule has 1 atom stereocenters. The Morgan fingerprint density at radius 1 is 1.16 bits per heavy atom. The highest BCUT2D eigenvalue weighted by molar-refractivity contribution is 7.12. The summed E-state index contributed by atoms with van der Waals surface area (Å²) in [5.74, 6) is 0.362. The van der Waals surface area contributed by atoms with Crippen LogP contribution in [0.1, 0.15) is 45.5 Å². The van der Waals surface area contributed by atoms with E-state index in [1.54, 1.807) is 0 Å². The molecule has 1 fully saturated rings. The van der Waals surface area contributed by atoms with Crippen molar-refractivity contribution in [2.24, 2.45) is 5.92 Å². The standard InChI is InChI=1S/C26H28N4OS/c1-18-20-7-2-3-8-21(20)28-23(18)17-30-14-11-19(12-15-30)25(22-9-4-5-13-27-22)29-26(31)24-10-6-16-32-24/h2-10,13,16,19,25,28H,11-12,14-15,17H2,1H3,(H,29,31). The molecule has 0 saturated carbocycles. The summed E-state index contributed by atoms with van der Waals surface area (Å²) < 4.78 is 0. The predicted molar refractivity (Wildman–Crippen MR) is 130 cm³/mol. The maximum atomic E-state index is 12.8. The van der Waals surface area contributed by atoms with Crippen molar-refractivity contribution in [1.29, 1.82) is 0 Å². The normalized spacial score (nSPS) is 16.3. The second kappa shape index (κ2) is 9.27. The van der Waals surface area contributed by atoms with E-state index in [0.717, 1.165) is 43.0 Å². The number of benzene rings is 1. The predicted octanol–water partition coefficient (Wildman–Crippen LogP) is 5.32. The molecule has 1 aliphatic heterocycles. The SMILES string of the molecule is Cc1c(CN2CCC(C(NC(=O)c3cccs3)c3ccccn3)CC2)[nH]c2ccccc12. The van der Waals surface area contributed by atoms with Crippen molar-refractivity contribution < 1.29 is 4.79 Å². The fourth-order valence-corrected chi connectivity index (χ4v) is 5.40. The van der Waals surface area contributed by atoms with Gasteiger partial charge in [0.25, 0.3) is 5.91 Å². The molecule has 0 radical (unpaired) electrons. The van der Waals surface area contributed by atoms with Gasteiger partial charge in [0.15, 0.2) is 0 Å². The largest absolute Gasteiger partial charge is 0.357 e. The van der Waals surface area contributed by atoms with Crippen LogP contribution in [0.2, 0.25) is 0 Å². The van der Waals surface area contributed by atoms with Crippen LogP contribution >= 0.6 is 11.3 Å². The Morgan fingerprint density at radius 3 is 2.69 bits per heavy atom. The van der Waals surface area contributed by atoms with Gasteiger partial charge in [0.2, 0.25) is 0 Å². The smallest absolute Gasteiger partial charge is 0.261 e. The molecule has 4 heterocycles. The molecule has 32 heavy (non-hydrogen) atoms. The molecule has 3 aromatic heterocycles. The molecule has 1 amide bonds. The number of hydrogen-bond acceptors (Lipinski definition) is 4. The molecule has 0 spiro atoms. The highest BCUT2D eigenvalue weighted by atomic mass is 32.1. The third-order valence-corrected chi connectivity index (χ3v) is 7.46. The highest BCUT2D eigenvalue weighted by Gasteiger charge is 2.30. The van der Waals surface area contributed by atoms with Gasteiger partial charge in [0.1, 0.15) is 0 Å². The Hall–Kier alpha value is -2.96. The first kappa shape index (κ1) is 20.9. The fraction of sp³-hybridized carbons (Fsp3) is 0.308. The van der Waals surface area contributed by atoms with E-state index in [2.05, 4.69) is 51.4 Å². The first-order chi connectivity index (χ1) is 15.7. The quantitative estimate of drug-likeness (QED) is 0.423. The fourth-order valence-electron chi connectivity index (χ4n) is 4.78. The van der Waals surface area contributed by atoms with E-state index >= 15 is 0 Å². The molecule has 2 N–H and O–H groups in total. The van der Waals surface area contributed by atoms with Crippen molar-refractivity contribution >= 4 is 28.1 Å². The number of piperidine rings is 1. The van der Waals surface area contributed by atoms with E-state index in [1.165, 1.54) is 33.5 Å². The second-order valence-electron chi connectivity index (χ2n) is 8.57. The Labute approximate surface area is 192 Å². The molecule has 1 saturated heterocycles. The Bertz CT molecular complexity index is 1180. The third-order valence-electron chi connectivity index (χ3n) is 6.59. The Morgan fingerprint density at radius 2 is 1.97 bits per heavy atom. The van der Waals surface area contributed by atoms with Crippen molar-refractivity contribution in [2.75, 3.05) is 13.1 Å². The van der Waals surface area contributed by atoms with Crippen LogP contribution in [0.15, 0.2) is 66.2 Å². The summed E-state index contributed by atoms with van der Waals surface area (Å²) >= 11 is 1.48. The minimum absolute atomic E-state index is 0.00761. The Balaban J connectivity index is 1.27. The van der Waals surface area contributed by atoms with Crippen molar-refractivity contribution in [3.05, 3.63) is 88.0 Å². The summed E-state index contributed by atoms with van der Waals surface area (Å²) in [4.78, 5) is 24.3. The number of amides is 1. The summed E-state index contributed by atoms with van der Waals surface area (Å²) in [5.41, 5.74) is 4.80. The average Bonchev–Trinajstić information content (AvgIpc) is 3.48. The number of nitrogens with zero attached hydrogens (tertiary/aromatic N) is 2. The van der Waals surface area contributed by atoms with Gasteiger partial charge >= 0.3 is 0 Å². The lowest BCUT2D eigenvalue weighted by Gasteiger charge is -2.36. The zero-order chi connectivity index (χ0) is 21.9. The molecule has 164 valence electrons. The van der Waals surface area contributed by atoms with E-state index in [0.29, 0.717) is 5.92 Å². The maximum Gasteiger partial charge on any atom is 0.261 e. The molecule has 1 unspecified atom stereocenters. The van der Waals surface area contributed by atoms with Gasteiger partial charge in [-0.3, -0.25) is 14.7 Å². The van der Waals surface area contributed by atoms with E-state index in [4.69, 9.17) is 0 Å². The number of aromatic nitrogens is 2. The number of para-hydroxylation sites is 1. The van der Waals surface area contributed by atoms with Gasteiger partial charge in [-0.15, -0.1) is 11.3 Å². The van der Waals surface area contributed by atoms with Gasteiger partial charge < -0.3 is 10.3 Å². The number of H-pyrrole nitrogens is 1. The van der Waals surface area contributed by atoms with E-state index < -0.39 is 0 Å². The van der Waals surface area contributed by atoms with Crippen LogP contribution in [0.5, 0.6) is 0 Å². The molecule has 4 aromatic rings. The van der Waals surface area contributed by atoms with Gasteiger partial charge in [-0.2, -0.15) is 0 Å². The molecule has 5 nitrogen and oxygen atoms in total. The number of aryl methyl sites for hydroxylation is 1. The van der Waals surface area contributed by atoms with E-state index in [9.17, 15) is 4.79 Å². The summed E-state index contributed by atoms with van der Waals surface area (Å²) in [6, 6.07) is 18.2. The van der Waals surface area contributed by atoms with Crippen LogP contribution in [0, 0.1) is 12.8 Å². The van der Waals surface area contributed by atoms with E-state index in [-0.39, 0.29) is 11.9 Å². The molecular formula is C26H28N4OS. The zero-order valence-corrected chi connectivity index (χ0v) is 19.1. The molecule has 0 aliphatic carbocycles. The van der Waals surface area contributed by atoms with Crippen molar-refractivity contribution in [2.45, 2.75) is 32.4 Å². The van der Waals surface area contributed by atoms with Crippen molar-refractivity contribution in [3.63, 3.8) is 0 Å². The Kier molecular flexibility index (Phi) is 6.06. The monoisotopic (exact) mass is 444 g/mol. The number of nitrogens with one attached hydrogen (secondary N) is 2. The van der Waals surface area contributed by atoms with Crippen LogP contribution in [0.25, 0.3) is 10.9 Å². The number of aromatic amines is 1. The van der Waals surface area contributed by atoms with Crippen LogP contribution in [-0.4, -0.2) is 33.9 Å². The van der Waals surface area contributed by atoms with Crippen LogP contribution < -0.4 is 5.32 Å². The summed E-state index contributed by atoms with van der Waals surface area (Å²) in [6.45, 7) is 5.16. The molecule has 1 aromatic carbocycles. The maximum absolute atomic E-state index is 12.8. The molecule has 5 rings (SSSR count). The number of thiophene rings is 1. The van der Waals surface area contributed by atoms with E-state index in [1.807, 2.05) is 41.9 Å². The molecule has 6 heteroatoms. The lowest BCUT2D eigenvalue weighted by molar-refractivity contribution is 0.0892. The number of pyridine rings is 1. The summed E-state index contributed by atoms with van der Waals surface area (Å²) in [7, 11) is 0. The number of hydrogen-bond donors (Lipinski definition) is 2. The summed E-state index contributed by atoms with van der Waals surface area (Å²) in [6.07, 6.45) is 3.88. The van der Waals surface area contributed by atoms with Crippen LogP contribution in [-0.2, 0) is 6.54 Å². The molecule has 1 aliphatic rings. The van der Waals surface area contributed by atoms with Crippen LogP contribution in [0.3, 0.4) is 0 Å². The number of likely N-dealkylation sites (tertiary alicyclic amines) is 1. The minimum atomic E-state index is -0.0669. The first-order valence-electron chi connectivity index (χ1n) is 11.2. The molecule has 0 bridgehead atoms. The lowest BCUT2D eigenvalue weighted by Crippen LogP contribution is -2.40. The average molecular weight is 445 g/mol. The van der Waals surface area contributed by atoms with Gasteiger partial charge in [0.05, 0.1) is 16.6 Å². The van der Waals surface area contributed by atoms with Gasteiger partial charge in [-0.05, 0) is 74.0 Å². The minimum Gasteiger partial charge on any atom is -0.357 e. The zero-order valence-electron chi connectivity index (χ0n) is 18.3. The van der Waals surface area contributed by atoms with Gasteiger partial charge in [0, 0.05) is 29.3 Å². The van der Waals surface area contributed by atoms with Crippen LogP contribution in [0.4, 0.5) is 0 Å². The topological polar surface area (TPSA) is 61.0 Å².